The molecule has 4 rings (SSSR count). The van der Waals surface area contributed by atoms with Crippen LogP contribution in [0.3, 0.4) is 0 Å². The second-order valence-electron chi connectivity index (χ2n) is 6.96. The minimum atomic E-state index is -0.252. The number of thiophene rings is 1. The minimum Gasteiger partial charge on any atom is -0.342 e. The number of hydrogen-bond acceptors (Lipinski definition) is 5. The van der Waals surface area contributed by atoms with Crippen LogP contribution in [0, 0.1) is 0 Å². The second-order valence-corrected chi connectivity index (χ2v) is 9.25. The molecule has 1 saturated heterocycles. The molecule has 2 aromatic rings. The molecule has 3 heterocycles. The number of nitrogens with zero attached hydrogens (tertiary/aromatic N) is 2. The highest BCUT2D eigenvalue weighted by atomic mass is 32.2. The maximum Gasteiger partial charge on any atom is 0.261 e. The van der Waals surface area contributed by atoms with Crippen molar-refractivity contribution < 1.29 is 14.4 Å². The fourth-order valence-corrected chi connectivity index (χ4v) is 5.95. The molecule has 1 aromatic heterocycles. The van der Waals surface area contributed by atoms with E-state index in [4.69, 9.17) is 0 Å². The van der Waals surface area contributed by atoms with E-state index in [0.717, 1.165) is 25.3 Å². The molecule has 0 aliphatic carbocycles. The Kier molecular flexibility index (Phi) is 5.82. The Hall–Kier alpha value is -2.12. The van der Waals surface area contributed by atoms with Crippen molar-refractivity contribution in [3.05, 3.63) is 57.8 Å². The van der Waals surface area contributed by atoms with Gasteiger partial charge in [-0.15, -0.1) is 11.3 Å². The molecular formula is C21H22N2O3S2. The van der Waals surface area contributed by atoms with E-state index in [1.165, 1.54) is 9.78 Å². The van der Waals surface area contributed by atoms with Gasteiger partial charge in [-0.3, -0.25) is 19.3 Å². The van der Waals surface area contributed by atoms with E-state index < -0.39 is 0 Å². The zero-order chi connectivity index (χ0) is 19.5. The van der Waals surface area contributed by atoms with Crippen molar-refractivity contribution in [3.63, 3.8) is 0 Å². The predicted octanol–water partition coefficient (Wildman–Crippen LogP) is 3.83. The summed E-state index contributed by atoms with van der Waals surface area (Å²) in [5.41, 5.74) is 0.922. The maximum absolute atomic E-state index is 12.6. The Labute approximate surface area is 172 Å². The zero-order valence-electron chi connectivity index (χ0n) is 15.5. The van der Waals surface area contributed by atoms with E-state index in [2.05, 4.69) is 17.5 Å². The van der Waals surface area contributed by atoms with Crippen LogP contribution in [0.1, 0.15) is 50.1 Å². The van der Waals surface area contributed by atoms with Crippen LogP contribution in [0.2, 0.25) is 0 Å². The number of fused-ring (bicyclic) bond motifs is 1. The summed E-state index contributed by atoms with van der Waals surface area (Å²) in [7, 11) is 0. The van der Waals surface area contributed by atoms with Crippen LogP contribution in [0.4, 0.5) is 0 Å². The first-order chi connectivity index (χ1) is 13.6. The molecule has 7 heteroatoms. The molecule has 28 heavy (non-hydrogen) atoms. The number of rotatable bonds is 5. The lowest BCUT2D eigenvalue weighted by Gasteiger charge is -2.21. The number of carbonyl (C=O) groups excluding carboxylic acids is 3. The third-order valence-corrected chi connectivity index (χ3v) is 7.65. The van der Waals surface area contributed by atoms with Crippen LogP contribution in [-0.2, 0) is 4.79 Å². The van der Waals surface area contributed by atoms with Gasteiger partial charge in [0, 0.05) is 41.9 Å². The molecule has 1 aromatic carbocycles. The molecule has 0 N–H and O–H groups in total. The van der Waals surface area contributed by atoms with Crippen molar-refractivity contribution in [2.75, 3.05) is 25.4 Å². The summed E-state index contributed by atoms with van der Waals surface area (Å²) >= 11 is 3.70. The van der Waals surface area contributed by atoms with E-state index in [0.29, 0.717) is 35.8 Å². The van der Waals surface area contributed by atoms with Gasteiger partial charge < -0.3 is 4.90 Å². The molecule has 0 radical (unpaired) electrons. The number of carbonyl (C=O) groups is 3. The average molecular weight is 415 g/mol. The molecule has 1 fully saturated rings. The van der Waals surface area contributed by atoms with E-state index >= 15 is 0 Å². The Morgan fingerprint density at radius 3 is 2.46 bits per heavy atom. The molecule has 5 nitrogen and oxygen atoms in total. The quantitative estimate of drug-likeness (QED) is 0.698. The molecule has 146 valence electrons. The number of benzene rings is 1. The van der Waals surface area contributed by atoms with Crippen molar-refractivity contribution in [3.8, 4) is 0 Å². The van der Waals surface area contributed by atoms with Crippen molar-refractivity contribution in [1.29, 1.82) is 0 Å². The zero-order valence-corrected chi connectivity index (χ0v) is 17.1. The van der Waals surface area contributed by atoms with Crippen LogP contribution >= 0.6 is 23.1 Å². The summed E-state index contributed by atoms with van der Waals surface area (Å²) in [6, 6.07) is 11.1. The number of amides is 3. The third kappa shape index (κ3) is 3.86. The van der Waals surface area contributed by atoms with Gasteiger partial charge in [-0.1, -0.05) is 18.2 Å². The molecule has 0 saturated carbocycles. The van der Waals surface area contributed by atoms with Crippen LogP contribution in [0.15, 0.2) is 41.8 Å². The van der Waals surface area contributed by atoms with Gasteiger partial charge in [-0.05, 0) is 36.4 Å². The van der Waals surface area contributed by atoms with Crippen molar-refractivity contribution >= 4 is 40.8 Å². The highest BCUT2D eigenvalue weighted by molar-refractivity contribution is 7.99. The van der Waals surface area contributed by atoms with Gasteiger partial charge in [-0.25, -0.2) is 0 Å². The van der Waals surface area contributed by atoms with Gasteiger partial charge in [0.25, 0.3) is 11.8 Å². The van der Waals surface area contributed by atoms with Crippen LogP contribution < -0.4 is 0 Å². The van der Waals surface area contributed by atoms with Crippen LogP contribution in [0.25, 0.3) is 0 Å². The van der Waals surface area contributed by atoms with Gasteiger partial charge in [0.15, 0.2) is 0 Å². The first kappa shape index (κ1) is 19.2. The maximum atomic E-state index is 12.6. The molecule has 0 spiro atoms. The summed E-state index contributed by atoms with van der Waals surface area (Å²) in [5.74, 6) is 0.548. The van der Waals surface area contributed by atoms with E-state index in [9.17, 15) is 14.4 Å². The Morgan fingerprint density at radius 2 is 1.79 bits per heavy atom. The Balaban J connectivity index is 1.27. The molecule has 3 amide bonds. The van der Waals surface area contributed by atoms with E-state index in [1.807, 2.05) is 16.7 Å². The SMILES string of the molecule is O=C(CCCN1C(=O)c2ccccc2C1=O)N1CCSC(c2cccs2)CC1. The number of hydrogen-bond donors (Lipinski definition) is 0. The first-order valence-corrected chi connectivity index (χ1v) is 11.5. The van der Waals surface area contributed by atoms with E-state index in [1.54, 1.807) is 35.6 Å². The van der Waals surface area contributed by atoms with Gasteiger partial charge in [0.1, 0.15) is 0 Å². The highest BCUT2D eigenvalue weighted by Crippen LogP contribution is 2.36. The summed E-state index contributed by atoms with van der Waals surface area (Å²) in [5, 5.41) is 2.57. The van der Waals surface area contributed by atoms with Crippen LogP contribution in [-0.4, -0.2) is 52.9 Å². The third-order valence-electron chi connectivity index (χ3n) is 5.21. The van der Waals surface area contributed by atoms with Gasteiger partial charge in [-0.2, -0.15) is 11.8 Å². The van der Waals surface area contributed by atoms with Crippen molar-refractivity contribution in [2.45, 2.75) is 24.5 Å². The largest absolute Gasteiger partial charge is 0.342 e. The average Bonchev–Trinajstić information content (AvgIpc) is 3.23. The molecule has 2 aliphatic heterocycles. The van der Waals surface area contributed by atoms with Gasteiger partial charge in [0.2, 0.25) is 5.91 Å². The fraction of sp³-hybridized carbons (Fsp3) is 0.381. The number of thioether (sulfide) groups is 1. The highest BCUT2D eigenvalue weighted by Gasteiger charge is 2.34. The van der Waals surface area contributed by atoms with Crippen molar-refractivity contribution in [2.24, 2.45) is 0 Å². The topological polar surface area (TPSA) is 57.7 Å². The van der Waals surface area contributed by atoms with Crippen molar-refractivity contribution in [1.82, 2.24) is 9.80 Å². The molecule has 2 aliphatic rings. The molecule has 1 atom stereocenters. The second kappa shape index (κ2) is 8.49. The normalized spacial score (nSPS) is 19.6. The minimum absolute atomic E-state index is 0.115. The summed E-state index contributed by atoms with van der Waals surface area (Å²) in [6.45, 7) is 1.82. The predicted molar refractivity (Wildman–Crippen MR) is 112 cm³/mol. The van der Waals surface area contributed by atoms with E-state index in [-0.39, 0.29) is 17.7 Å². The fourth-order valence-electron chi connectivity index (χ4n) is 3.71. The van der Waals surface area contributed by atoms with Gasteiger partial charge >= 0.3 is 0 Å². The monoisotopic (exact) mass is 414 g/mol. The molecular weight excluding hydrogens is 392 g/mol. The smallest absolute Gasteiger partial charge is 0.261 e. The first-order valence-electron chi connectivity index (χ1n) is 9.53. The summed E-state index contributed by atoms with van der Waals surface area (Å²) in [4.78, 5) is 42.0. The molecule has 1 unspecified atom stereocenters. The summed E-state index contributed by atoms with van der Waals surface area (Å²) < 4.78 is 0. The lowest BCUT2D eigenvalue weighted by Crippen LogP contribution is -2.35. The standard InChI is InChI=1S/C21H22N2O3S2/c24-19(22-11-9-18(28-14-12-22)17-7-4-13-27-17)8-3-10-23-20(25)15-5-1-2-6-16(15)21(23)26/h1-2,4-7,13,18H,3,8-12,14H2. The summed E-state index contributed by atoms with van der Waals surface area (Å²) in [6.07, 6.45) is 1.83. The lowest BCUT2D eigenvalue weighted by molar-refractivity contribution is -0.131. The number of imide groups is 1. The van der Waals surface area contributed by atoms with Gasteiger partial charge in [0.05, 0.1) is 11.1 Å². The molecule has 0 bridgehead atoms. The Morgan fingerprint density at radius 1 is 1.04 bits per heavy atom. The lowest BCUT2D eigenvalue weighted by atomic mass is 10.1. The Bertz CT molecular complexity index is 847. The van der Waals surface area contributed by atoms with Crippen LogP contribution in [0.5, 0.6) is 0 Å².